The van der Waals surface area contributed by atoms with Gasteiger partial charge in [0.05, 0.1) is 11.7 Å². The van der Waals surface area contributed by atoms with Gasteiger partial charge in [-0.15, -0.1) is 11.8 Å². The van der Waals surface area contributed by atoms with Crippen LogP contribution < -0.4 is 5.32 Å². The number of thioether (sulfide) groups is 1. The molecule has 1 saturated heterocycles. The summed E-state index contributed by atoms with van der Waals surface area (Å²) >= 11 is 1.69. The lowest BCUT2D eigenvalue weighted by atomic mass is 10.2. The number of carbonyl (C=O) groups is 1. The third-order valence-corrected chi connectivity index (χ3v) is 4.72. The molecule has 0 radical (unpaired) electrons. The number of hydrogen-bond acceptors (Lipinski definition) is 4. The van der Waals surface area contributed by atoms with Crippen LogP contribution in [0, 0.1) is 0 Å². The Balaban J connectivity index is 1.68. The minimum atomic E-state index is -0.0957. The van der Waals surface area contributed by atoms with E-state index in [-0.39, 0.29) is 5.91 Å². The molecular weight excluding hydrogens is 296 g/mol. The number of aromatic nitrogens is 1. The minimum Gasteiger partial charge on any atom is -0.377 e. The van der Waals surface area contributed by atoms with Crippen molar-refractivity contribution >= 4 is 23.4 Å². The predicted molar refractivity (Wildman–Crippen MR) is 88.3 cm³/mol. The molecule has 5 heteroatoms. The van der Waals surface area contributed by atoms with Crippen molar-refractivity contribution in [3.05, 3.63) is 54.4 Å². The largest absolute Gasteiger partial charge is 0.377 e. The Morgan fingerprint density at radius 3 is 2.86 bits per heavy atom. The van der Waals surface area contributed by atoms with Gasteiger partial charge in [-0.1, -0.05) is 12.1 Å². The maximum Gasteiger partial charge on any atom is 0.256 e. The van der Waals surface area contributed by atoms with Crippen LogP contribution >= 0.6 is 11.8 Å². The van der Waals surface area contributed by atoms with Crippen molar-refractivity contribution in [2.24, 2.45) is 0 Å². The number of pyridine rings is 1. The van der Waals surface area contributed by atoms with E-state index in [9.17, 15) is 4.79 Å². The van der Waals surface area contributed by atoms with Crippen LogP contribution in [0.3, 0.4) is 0 Å². The zero-order valence-electron chi connectivity index (χ0n) is 12.2. The van der Waals surface area contributed by atoms with Crippen molar-refractivity contribution in [3.8, 4) is 0 Å². The summed E-state index contributed by atoms with van der Waals surface area (Å²) in [5, 5.41) is 2.90. The van der Waals surface area contributed by atoms with Crippen molar-refractivity contribution in [1.82, 2.24) is 4.98 Å². The predicted octanol–water partition coefficient (Wildman–Crippen LogP) is 3.61. The number of rotatable bonds is 5. The van der Waals surface area contributed by atoms with Crippen LogP contribution in [-0.4, -0.2) is 29.4 Å². The normalized spacial score (nSPS) is 17.4. The first-order valence-corrected chi connectivity index (χ1v) is 8.36. The maximum absolute atomic E-state index is 12.5. The third kappa shape index (κ3) is 3.87. The molecular formula is C17H18N2O2S. The second-order valence-electron chi connectivity index (χ2n) is 5.13. The van der Waals surface area contributed by atoms with E-state index in [0.717, 1.165) is 35.8 Å². The summed E-state index contributed by atoms with van der Waals surface area (Å²) in [5.41, 5.74) is 1.45. The van der Waals surface area contributed by atoms with Crippen LogP contribution in [0.2, 0.25) is 0 Å². The Bertz CT molecular complexity index is 628. The Kier molecular flexibility index (Phi) is 5.08. The van der Waals surface area contributed by atoms with Gasteiger partial charge in [0.1, 0.15) is 0 Å². The fourth-order valence-electron chi connectivity index (χ4n) is 2.37. The van der Waals surface area contributed by atoms with Gasteiger partial charge in [0.25, 0.3) is 5.91 Å². The SMILES string of the molecule is O=C(Nc1ccncc1)c1ccccc1SCC1CCCO1. The van der Waals surface area contributed by atoms with E-state index in [0.29, 0.717) is 11.7 Å². The highest BCUT2D eigenvalue weighted by molar-refractivity contribution is 7.99. The smallest absolute Gasteiger partial charge is 0.256 e. The average molecular weight is 314 g/mol. The summed E-state index contributed by atoms with van der Waals surface area (Å²) in [7, 11) is 0. The molecule has 1 amide bonds. The molecule has 4 nitrogen and oxygen atoms in total. The molecule has 22 heavy (non-hydrogen) atoms. The number of nitrogens with one attached hydrogen (secondary N) is 1. The van der Waals surface area contributed by atoms with E-state index in [1.165, 1.54) is 0 Å². The average Bonchev–Trinajstić information content (AvgIpc) is 3.07. The van der Waals surface area contributed by atoms with Gasteiger partial charge in [-0.25, -0.2) is 0 Å². The molecule has 1 atom stereocenters. The van der Waals surface area contributed by atoms with Gasteiger partial charge in [0, 0.05) is 35.3 Å². The highest BCUT2D eigenvalue weighted by Gasteiger charge is 2.17. The standard InChI is InChI=1S/C17H18N2O2S/c20-17(19-13-7-9-18-10-8-13)15-5-1-2-6-16(15)22-12-14-4-3-11-21-14/h1-2,5-10,14H,3-4,11-12H2,(H,18,19,20). The van der Waals surface area contributed by atoms with Gasteiger partial charge in [-0.2, -0.15) is 0 Å². The van der Waals surface area contributed by atoms with Crippen LogP contribution in [0.15, 0.2) is 53.7 Å². The molecule has 2 aromatic rings. The molecule has 1 N–H and O–H groups in total. The molecule has 2 heterocycles. The summed E-state index contributed by atoms with van der Waals surface area (Å²) in [4.78, 5) is 17.4. The van der Waals surface area contributed by atoms with E-state index in [2.05, 4.69) is 10.3 Å². The number of anilines is 1. The number of nitrogens with zero attached hydrogens (tertiary/aromatic N) is 1. The first-order chi connectivity index (χ1) is 10.8. The quantitative estimate of drug-likeness (QED) is 0.857. The van der Waals surface area contributed by atoms with Gasteiger partial charge >= 0.3 is 0 Å². The molecule has 3 rings (SSSR count). The lowest BCUT2D eigenvalue weighted by Gasteiger charge is -2.12. The van der Waals surface area contributed by atoms with Crippen LogP contribution in [0.25, 0.3) is 0 Å². The fourth-order valence-corrected chi connectivity index (χ4v) is 3.49. The van der Waals surface area contributed by atoms with Crippen LogP contribution in [0.1, 0.15) is 23.2 Å². The van der Waals surface area contributed by atoms with Crippen molar-refractivity contribution in [1.29, 1.82) is 0 Å². The number of ether oxygens (including phenoxy) is 1. The topological polar surface area (TPSA) is 51.2 Å². The number of amides is 1. The van der Waals surface area contributed by atoms with E-state index in [4.69, 9.17) is 4.74 Å². The second kappa shape index (κ2) is 7.42. The number of hydrogen-bond donors (Lipinski definition) is 1. The molecule has 1 unspecified atom stereocenters. The molecule has 1 aliphatic rings. The summed E-state index contributed by atoms with van der Waals surface area (Å²) < 4.78 is 5.64. The molecule has 0 spiro atoms. The monoisotopic (exact) mass is 314 g/mol. The number of benzene rings is 1. The maximum atomic E-state index is 12.5. The van der Waals surface area contributed by atoms with Gasteiger partial charge in [-0.3, -0.25) is 9.78 Å². The van der Waals surface area contributed by atoms with Gasteiger partial charge in [0.15, 0.2) is 0 Å². The summed E-state index contributed by atoms with van der Waals surface area (Å²) in [6.45, 7) is 0.857. The molecule has 1 aromatic carbocycles. The molecule has 1 fully saturated rings. The fraction of sp³-hybridized carbons (Fsp3) is 0.294. The Morgan fingerprint density at radius 1 is 1.27 bits per heavy atom. The summed E-state index contributed by atoms with van der Waals surface area (Å²) in [6.07, 6.45) is 5.87. The van der Waals surface area contributed by atoms with Gasteiger partial charge in [0.2, 0.25) is 0 Å². The lowest BCUT2D eigenvalue weighted by molar-refractivity contribution is 0.102. The summed E-state index contributed by atoms with van der Waals surface area (Å²) in [6, 6.07) is 11.2. The van der Waals surface area contributed by atoms with Crippen molar-refractivity contribution < 1.29 is 9.53 Å². The van der Waals surface area contributed by atoms with Gasteiger partial charge < -0.3 is 10.1 Å². The Morgan fingerprint density at radius 2 is 2.09 bits per heavy atom. The highest BCUT2D eigenvalue weighted by atomic mass is 32.2. The molecule has 1 aromatic heterocycles. The Labute approximate surface area is 134 Å². The molecule has 0 saturated carbocycles. The van der Waals surface area contributed by atoms with Crippen molar-refractivity contribution in [2.75, 3.05) is 17.7 Å². The van der Waals surface area contributed by atoms with Crippen LogP contribution in [0.5, 0.6) is 0 Å². The first kappa shape index (κ1) is 15.1. The molecule has 1 aliphatic heterocycles. The molecule has 0 aliphatic carbocycles. The first-order valence-electron chi connectivity index (χ1n) is 7.38. The van der Waals surface area contributed by atoms with Crippen LogP contribution in [0.4, 0.5) is 5.69 Å². The Hall–Kier alpha value is -1.85. The van der Waals surface area contributed by atoms with E-state index in [1.807, 2.05) is 24.3 Å². The van der Waals surface area contributed by atoms with Crippen molar-refractivity contribution in [2.45, 2.75) is 23.8 Å². The van der Waals surface area contributed by atoms with Crippen molar-refractivity contribution in [3.63, 3.8) is 0 Å². The third-order valence-electron chi connectivity index (χ3n) is 3.52. The van der Waals surface area contributed by atoms with Crippen LogP contribution in [-0.2, 0) is 4.74 Å². The highest BCUT2D eigenvalue weighted by Crippen LogP contribution is 2.27. The zero-order valence-corrected chi connectivity index (χ0v) is 13.0. The lowest BCUT2D eigenvalue weighted by Crippen LogP contribution is -2.14. The van der Waals surface area contributed by atoms with E-state index >= 15 is 0 Å². The minimum absolute atomic E-state index is 0.0957. The van der Waals surface area contributed by atoms with E-state index < -0.39 is 0 Å². The van der Waals surface area contributed by atoms with Gasteiger partial charge in [-0.05, 0) is 37.1 Å². The molecule has 114 valence electrons. The number of carbonyl (C=O) groups excluding carboxylic acids is 1. The zero-order chi connectivity index (χ0) is 15.2. The molecule has 0 bridgehead atoms. The van der Waals surface area contributed by atoms with E-state index in [1.54, 1.807) is 36.3 Å². The second-order valence-corrected chi connectivity index (χ2v) is 6.19. The summed E-state index contributed by atoms with van der Waals surface area (Å²) in [5.74, 6) is 0.793.